The number of hydrogen-bond donors (Lipinski definition) is 0. The lowest BCUT2D eigenvalue weighted by Gasteiger charge is -2.10. The fraction of sp³-hybridized carbons (Fsp3) is 0.357. The lowest BCUT2D eigenvalue weighted by Crippen LogP contribution is -1.94. The van der Waals surface area contributed by atoms with Gasteiger partial charge in [-0.15, -0.1) is 0 Å². The van der Waals surface area contributed by atoms with E-state index < -0.39 is 0 Å². The van der Waals surface area contributed by atoms with Gasteiger partial charge in [-0.05, 0) is 48.9 Å². The Hall–Kier alpha value is -0.890. The molecule has 0 saturated heterocycles. The first kappa shape index (κ1) is 10.3. The van der Waals surface area contributed by atoms with Crippen LogP contribution in [0.25, 0.3) is 10.9 Å². The number of benzene rings is 1. The second-order valence-electron chi connectivity index (χ2n) is 4.56. The number of fused-ring (bicyclic) bond motifs is 1. The zero-order valence-electron chi connectivity index (χ0n) is 9.07. The van der Waals surface area contributed by atoms with E-state index in [9.17, 15) is 0 Å². The lowest BCUT2D eigenvalue weighted by molar-refractivity contribution is 0.726. The fourth-order valence-electron chi connectivity index (χ4n) is 2.58. The van der Waals surface area contributed by atoms with Crippen molar-refractivity contribution in [2.24, 2.45) is 0 Å². The normalized spacial score (nSPS) is 25.1. The number of aromatic nitrogens is 1. The van der Waals surface area contributed by atoms with E-state index in [-0.39, 0.29) is 0 Å². The van der Waals surface area contributed by atoms with Gasteiger partial charge in [0.2, 0.25) is 0 Å². The van der Waals surface area contributed by atoms with Crippen molar-refractivity contribution in [1.82, 2.24) is 4.98 Å². The SMILES string of the molecule is BrC1CCC(c2ccc3ncccc3c2)C1. The smallest absolute Gasteiger partial charge is 0.0702 e. The Balaban J connectivity index is 1.99. The number of rotatable bonds is 1. The number of halogens is 1. The topological polar surface area (TPSA) is 12.9 Å². The van der Waals surface area contributed by atoms with Gasteiger partial charge in [0.15, 0.2) is 0 Å². The zero-order valence-corrected chi connectivity index (χ0v) is 10.7. The van der Waals surface area contributed by atoms with Gasteiger partial charge in [0.1, 0.15) is 0 Å². The zero-order chi connectivity index (χ0) is 11.0. The van der Waals surface area contributed by atoms with Crippen LogP contribution in [0.15, 0.2) is 36.5 Å². The Labute approximate surface area is 104 Å². The maximum atomic E-state index is 4.35. The van der Waals surface area contributed by atoms with Crippen molar-refractivity contribution in [3.05, 3.63) is 42.1 Å². The first-order valence-electron chi connectivity index (χ1n) is 5.82. The highest BCUT2D eigenvalue weighted by molar-refractivity contribution is 9.09. The third-order valence-corrected chi connectivity index (χ3v) is 4.30. The molecule has 16 heavy (non-hydrogen) atoms. The van der Waals surface area contributed by atoms with Crippen LogP contribution >= 0.6 is 15.9 Å². The Morgan fingerprint density at radius 2 is 2.12 bits per heavy atom. The van der Waals surface area contributed by atoms with Crippen molar-refractivity contribution in [1.29, 1.82) is 0 Å². The van der Waals surface area contributed by atoms with Gasteiger partial charge in [0, 0.05) is 16.4 Å². The predicted octanol–water partition coefficient (Wildman–Crippen LogP) is 4.27. The molecule has 0 radical (unpaired) electrons. The molecule has 0 bridgehead atoms. The van der Waals surface area contributed by atoms with E-state index in [1.807, 2.05) is 12.3 Å². The summed E-state index contributed by atoms with van der Waals surface area (Å²) in [5.74, 6) is 0.731. The van der Waals surface area contributed by atoms with Crippen LogP contribution in [0.3, 0.4) is 0 Å². The van der Waals surface area contributed by atoms with Gasteiger partial charge in [-0.1, -0.05) is 28.1 Å². The molecule has 2 heteroatoms. The summed E-state index contributed by atoms with van der Waals surface area (Å²) in [7, 11) is 0. The molecule has 1 saturated carbocycles. The van der Waals surface area contributed by atoms with Gasteiger partial charge in [-0.25, -0.2) is 0 Å². The molecular formula is C14H14BrN. The van der Waals surface area contributed by atoms with Crippen LogP contribution in [-0.2, 0) is 0 Å². The van der Waals surface area contributed by atoms with Crippen LogP contribution in [0.2, 0.25) is 0 Å². The van der Waals surface area contributed by atoms with E-state index in [1.54, 1.807) is 0 Å². The van der Waals surface area contributed by atoms with Crippen molar-refractivity contribution in [3.63, 3.8) is 0 Å². The summed E-state index contributed by atoms with van der Waals surface area (Å²) in [4.78, 5) is 5.06. The minimum absolute atomic E-state index is 0.710. The van der Waals surface area contributed by atoms with Crippen LogP contribution in [0.5, 0.6) is 0 Å². The lowest BCUT2D eigenvalue weighted by atomic mass is 9.96. The third kappa shape index (κ3) is 1.86. The van der Waals surface area contributed by atoms with Gasteiger partial charge in [-0.2, -0.15) is 0 Å². The van der Waals surface area contributed by atoms with Crippen LogP contribution in [0, 0.1) is 0 Å². The Morgan fingerprint density at radius 3 is 2.94 bits per heavy atom. The summed E-state index contributed by atoms with van der Waals surface area (Å²) >= 11 is 3.71. The average Bonchev–Trinajstić information content (AvgIpc) is 2.75. The largest absolute Gasteiger partial charge is 0.256 e. The standard InChI is InChI=1S/C14H14BrN/c15-13-5-3-11(9-13)10-4-6-14-12(8-10)2-1-7-16-14/h1-2,4,6-8,11,13H,3,5,9H2. The third-order valence-electron chi connectivity index (χ3n) is 3.47. The highest BCUT2D eigenvalue weighted by Crippen LogP contribution is 2.38. The Bertz CT molecular complexity index is 509. The molecule has 2 aromatic rings. The molecule has 3 rings (SSSR count). The molecule has 1 aromatic heterocycles. The molecule has 0 amide bonds. The van der Waals surface area contributed by atoms with Crippen molar-refractivity contribution >= 4 is 26.8 Å². The summed E-state index contributed by atoms with van der Waals surface area (Å²) in [6.45, 7) is 0. The predicted molar refractivity (Wildman–Crippen MR) is 71.1 cm³/mol. The van der Waals surface area contributed by atoms with Crippen LogP contribution < -0.4 is 0 Å². The van der Waals surface area contributed by atoms with Crippen LogP contribution in [0.1, 0.15) is 30.7 Å². The molecule has 1 aromatic carbocycles. The minimum atomic E-state index is 0.710. The maximum absolute atomic E-state index is 4.35. The van der Waals surface area contributed by atoms with Crippen LogP contribution in [0.4, 0.5) is 0 Å². The second kappa shape index (κ2) is 4.17. The second-order valence-corrected chi connectivity index (χ2v) is 5.86. The quantitative estimate of drug-likeness (QED) is 0.709. The van der Waals surface area contributed by atoms with Crippen molar-refractivity contribution < 1.29 is 0 Å². The molecule has 0 aliphatic heterocycles. The number of pyridine rings is 1. The first-order chi connectivity index (χ1) is 7.83. The van der Waals surface area contributed by atoms with E-state index in [0.29, 0.717) is 4.83 Å². The highest BCUT2D eigenvalue weighted by Gasteiger charge is 2.23. The number of alkyl halides is 1. The van der Waals surface area contributed by atoms with E-state index in [0.717, 1.165) is 11.4 Å². The molecule has 82 valence electrons. The molecular weight excluding hydrogens is 262 g/mol. The molecule has 1 fully saturated rings. The number of nitrogens with zero attached hydrogens (tertiary/aromatic N) is 1. The van der Waals surface area contributed by atoms with Gasteiger partial charge >= 0.3 is 0 Å². The van der Waals surface area contributed by atoms with Crippen molar-refractivity contribution in [2.75, 3.05) is 0 Å². The van der Waals surface area contributed by atoms with E-state index in [1.165, 1.54) is 30.2 Å². The van der Waals surface area contributed by atoms with Gasteiger partial charge < -0.3 is 0 Å². The summed E-state index contributed by atoms with van der Waals surface area (Å²) < 4.78 is 0. The number of hydrogen-bond acceptors (Lipinski definition) is 1. The van der Waals surface area contributed by atoms with E-state index in [2.05, 4.69) is 45.2 Å². The molecule has 0 N–H and O–H groups in total. The molecule has 0 spiro atoms. The van der Waals surface area contributed by atoms with E-state index in [4.69, 9.17) is 0 Å². The van der Waals surface area contributed by atoms with Gasteiger partial charge in [-0.3, -0.25) is 4.98 Å². The summed E-state index contributed by atoms with van der Waals surface area (Å²) in [6.07, 6.45) is 5.73. The van der Waals surface area contributed by atoms with Gasteiger partial charge in [0.25, 0.3) is 0 Å². The highest BCUT2D eigenvalue weighted by atomic mass is 79.9. The monoisotopic (exact) mass is 275 g/mol. The summed E-state index contributed by atoms with van der Waals surface area (Å²) in [5, 5.41) is 1.26. The molecule has 2 atom stereocenters. The summed E-state index contributed by atoms with van der Waals surface area (Å²) in [6, 6.07) is 10.8. The van der Waals surface area contributed by atoms with E-state index >= 15 is 0 Å². The Kier molecular flexibility index (Phi) is 2.68. The fourth-order valence-corrected chi connectivity index (χ4v) is 3.29. The molecule has 1 aliphatic rings. The van der Waals surface area contributed by atoms with Crippen molar-refractivity contribution in [3.8, 4) is 0 Å². The first-order valence-corrected chi connectivity index (χ1v) is 6.73. The van der Waals surface area contributed by atoms with Crippen molar-refractivity contribution in [2.45, 2.75) is 30.0 Å². The van der Waals surface area contributed by atoms with Gasteiger partial charge in [0.05, 0.1) is 5.52 Å². The summed E-state index contributed by atoms with van der Waals surface area (Å²) in [5.41, 5.74) is 2.57. The maximum Gasteiger partial charge on any atom is 0.0702 e. The Morgan fingerprint density at radius 1 is 1.19 bits per heavy atom. The van der Waals surface area contributed by atoms with Crippen LogP contribution in [-0.4, -0.2) is 9.81 Å². The molecule has 1 nitrogen and oxygen atoms in total. The molecule has 1 heterocycles. The molecule has 2 unspecified atom stereocenters. The average molecular weight is 276 g/mol. The minimum Gasteiger partial charge on any atom is -0.256 e. The molecule has 1 aliphatic carbocycles.